The third-order valence-corrected chi connectivity index (χ3v) is 5.03. The van der Waals surface area contributed by atoms with Gasteiger partial charge in [0.2, 0.25) is 5.13 Å². The zero-order valence-corrected chi connectivity index (χ0v) is 16.7. The summed E-state index contributed by atoms with van der Waals surface area (Å²) in [5, 5.41) is 21.5. The largest absolute Gasteiger partial charge is 0.494 e. The lowest BCUT2D eigenvalue weighted by Gasteiger charge is -2.06. The Bertz CT molecular complexity index is 817. The molecule has 7 heteroatoms. The van der Waals surface area contributed by atoms with Gasteiger partial charge in [-0.3, -0.25) is 10.1 Å². The van der Waals surface area contributed by atoms with Crippen molar-refractivity contribution in [3.63, 3.8) is 0 Å². The molecule has 0 aliphatic carbocycles. The normalized spacial score (nSPS) is 11.3. The molecule has 1 N–H and O–H groups in total. The Balaban J connectivity index is 2.07. The van der Waals surface area contributed by atoms with E-state index in [1.165, 1.54) is 11.3 Å². The van der Waals surface area contributed by atoms with Crippen LogP contribution in [0.15, 0.2) is 29.8 Å². The molecule has 0 aliphatic heterocycles. The highest BCUT2D eigenvalue weighted by Crippen LogP contribution is 2.28. The van der Waals surface area contributed by atoms with E-state index in [0.717, 1.165) is 35.6 Å². The van der Waals surface area contributed by atoms with E-state index >= 15 is 0 Å². The summed E-state index contributed by atoms with van der Waals surface area (Å²) >= 11 is 1.35. The Morgan fingerprint density at radius 3 is 2.56 bits per heavy atom. The third kappa shape index (κ3) is 5.90. The first-order chi connectivity index (χ1) is 13.1. The summed E-state index contributed by atoms with van der Waals surface area (Å²) in [6, 6.07) is 9.21. The van der Waals surface area contributed by atoms with Gasteiger partial charge in [-0.2, -0.15) is 5.26 Å². The minimum atomic E-state index is -0.490. The number of ether oxygens (including phenoxy) is 1. The fourth-order valence-electron chi connectivity index (χ4n) is 2.45. The maximum absolute atomic E-state index is 12.4. The number of carbonyl (C=O) groups excluding carboxylic acids is 1. The lowest BCUT2D eigenvalue weighted by atomic mass is 10.1. The van der Waals surface area contributed by atoms with Gasteiger partial charge in [-0.25, -0.2) is 0 Å². The number of nitrogens with zero attached hydrogens (tertiary/aromatic N) is 3. The van der Waals surface area contributed by atoms with E-state index in [9.17, 15) is 10.1 Å². The van der Waals surface area contributed by atoms with Crippen molar-refractivity contribution in [2.45, 2.75) is 46.0 Å². The number of nitrogens with one attached hydrogen (secondary N) is 1. The van der Waals surface area contributed by atoms with Crippen LogP contribution >= 0.6 is 11.3 Å². The molecule has 0 saturated heterocycles. The molecule has 0 aliphatic rings. The topological polar surface area (TPSA) is 87.9 Å². The molecule has 0 fully saturated rings. The van der Waals surface area contributed by atoms with Crippen LogP contribution in [0.1, 0.15) is 56.5 Å². The summed E-state index contributed by atoms with van der Waals surface area (Å²) in [6.45, 7) is 6.90. The number of anilines is 1. The summed E-state index contributed by atoms with van der Waals surface area (Å²) in [7, 11) is 0. The van der Waals surface area contributed by atoms with Crippen LogP contribution in [-0.4, -0.2) is 22.7 Å². The molecule has 1 heterocycles. The number of rotatable bonds is 9. The molecular weight excluding hydrogens is 360 g/mol. The highest BCUT2D eigenvalue weighted by atomic mass is 32.1. The standard InChI is InChI=1S/C20H24N4O2S/c1-4-11-26-17-9-7-14(8-10-17)12-16(13-21)18(25)22-20-24-23-19(27-20)15(5-2)6-3/h7-10,12,15H,4-6,11H2,1-3H3,(H,22,24,25)/b16-12+. The molecule has 1 aromatic carbocycles. The van der Waals surface area contributed by atoms with E-state index in [0.29, 0.717) is 17.7 Å². The molecular formula is C20H24N4O2S. The summed E-state index contributed by atoms with van der Waals surface area (Å²) < 4.78 is 5.53. The maximum Gasteiger partial charge on any atom is 0.268 e. The zero-order valence-electron chi connectivity index (χ0n) is 15.9. The Morgan fingerprint density at radius 1 is 1.26 bits per heavy atom. The third-order valence-electron chi connectivity index (χ3n) is 4.02. The summed E-state index contributed by atoms with van der Waals surface area (Å²) in [5.41, 5.74) is 0.761. The average Bonchev–Trinajstić information content (AvgIpc) is 3.14. The van der Waals surface area contributed by atoms with E-state index in [1.54, 1.807) is 6.08 Å². The van der Waals surface area contributed by atoms with Gasteiger partial charge >= 0.3 is 0 Å². The number of amides is 1. The first-order valence-corrected chi connectivity index (χ1v) is 9.92. The van der Waals surface area contributed by atoms with Crippen LogP contribution in [-0.2, 0) is 4.79 Å². The highest BCUT2D eigenvalue weighted by Gasteiger charge is 2.16. The van der Waals surface area contributed by atoms with Crippen molar-refractivity contribution < 1.29 is 9.53 Å². The van der Waals surface area contributed by atoms with E-state index in [1.807, 2.05) is 37.3 Å². The van der Waals surface area contributed by atoms with Gasteiger partial charge in [-0.1, -0.05) is 44.2 Å². The van der Waals surface area contributed by atoms with Crippen molar-refractivity contribution in [2.75, 3.05) is 11.9 Å². The predicted molar refractivity (Wildman–Crippen MR) is 108 cm³/mol. The molecule has 1 amide bonds. The fraction of sp³-hybridized carbons (Fsp3) is 0.400. The molecule has 2 rings (SSSR count). The molecule has 0 spiro atoms. The van der Waals surface area contributed by atoms with Gasteiger partial charge in [0, 0.05) is 5.92 Å². The lowest BCUT2D eigenvalue weighted by Crippen LogP contribution is -2.13. The number of nitriles is 1. The highest BCUT2D eigenvalue weighted by molar-refractivity contribution is 7.15. The van der Waals surface area contributed by atoms with Crippen molar-refractivity contribution in [1.82, 2.24) is 10.2 Å². The second kappa shape index (κ2) is 10.4. The van der Waals surface area contributed by atoms with E-state index in [4.69, 9.17) is 4.74 Å². The quantitative estimate of drug-likeness (QED) is 0.497. The van der Waals surface area contributed by atoms with Crippen molar-refractivity contribution in [3.8, 4) is 11.8 Å². The lowest BCUT2D eigenvalue weighted by molar-refractivity contribution is -0.112. The molecule has 0 unspecified atom stereocenters. The van der Waals surface area contributed by atoms with Crippen LogP contribution in [0.3, 0.4) is 0 Å². The van der Waals surface area contributed by atoms with Gasteiger partial charge in [0.15, 0.2) is 0 Å². The minimum absolute atomic E-state index is 0.0107. The first-order valence-electron chi connectivity index (χ1n) is 9.10. The van der Waals surface area contributed by atoms with Crippen LogP contribution in [0.25, 0.3) is 6.08 Å². The van der Waals surface area contributed by atoms with Gasteiger partial charge in [0.1, 0.15) is 22.4 Å². The number of benzene rings is 1. The molecule has 0 bridgehead atoms. The zero-order chi connectivity index (χ0) is 19.6. The number of carbonyl (C=O) groups is 1. The second-order valence-corrected chi connectivity index (χ2v) is 7.01. The van der Waals surface area contributed by atoms with Gasteiger partial charge in [0.05, 0.1) is 6.61 Å². The first kappa shape index (κ1) is 20.6. The van der Waals surface area contributed by atoms with Crippen LogP contribution in [0.5, 0.6) is 5.75 Å². The summed E-state index contributed by atoms with van der Waals surface area (Å²) in [4.78, 5) is 12.4. The number of aromatic nitrogens is 2. The second-order valence-electron chi connectivity index (χ2n) is 6.00. The molecule has 0 atom stereocenters. The molecule has 2 aromatic rings. The van der Waals surface area contributed by atoms with E-state index in [2.05, 4.69) is 29.4 Å². The van der Waals surface area contributed by atoms with Crippen molar-refractivity contribution >= 4 is 28.5 Å². The Labute approximate surface area is 163 Å². The molecule has 27 heavy (non-hydrogen) atoms. The van der Waals surface area contributed by atoms with Gasteiger partial charge in [-0.15, -0.1) is 10.2 Å². The van der Waals surface area contributed by atoms with Crippen LogP contribution < -0.4 is 10.1 Å². The molecule has 1 aromatic heterocycles. The summed E-state index contributed by atoms with van der Waals surface area (Å²) in [6.07, 6.45) is 4.42. The van der Waals surface area contributed by atoms with Gasteiger partial charge < -0.3 is 4.74 Å². The molecule has 6 nitrogen and oxygen atoms in total. The average molecular weight is 385 g/mol. The van der Waals surface area contributed by atoms with Crippen LogP contribution in [0.2, 0.25) is 0 Å². The van der Waals surface area contributed by atoms with Crippen molar-refractivity contribution in [1.29, 1.82) is 5.26 Å². The van der Waals surface area contributed by atoms with E-state index in [-0.39, 0.29) is 5.57 Å². The minimum Gasteiger partial charge on any atom is -0.494 e. The summed E-state index contributed by atoms with van der Waals surface area (Å²) in [5.74, 6) is 0.614. The predicted octanol–water partition coefficient (Wildman–Crippen LogP) is 4.78. The van der Waals surface area contributed by atoms with E-state index < -0.39 is 5.91 Å². The van der Waals surface area contributed by atoms with Crippen molar-refractivity contribution in [3.05, 3.63) is 40.4 Å². The Morgan fingerprint density at radius 2 is 1.96 bits per heavy atom. The Kier molecular flexibility index (Phi) is 7.96. The van der Waals surface area contributed by atoms with Crippen LogP contribution in [0, 0.1) is 11.3 Å². The monoisotopic (exact) mass is 384 g/mol. The smallest absolute Gasteiger partial charge is 0.268 e. The van der Waals surface area contributed by atoms with Crippen LogP contribution in [0.4, 0.5) is 5.13 Å². The number of hydrogen-bond acceptors (Lipinski definition) is 6. The fourth-order valence-corrected chi connectivity index (χ4v) is 3.45. The molecule has 142 valence electrons. The SMILES string of the molecule is CCCOc1ccc(/C=C(\C#N)C(=O)Nc2nnc(C(CC)CC)s2)cc1. The molecule has 0 radical (unpaired) electrons. The molecule has 0 saturated carbocycles. The maximum atomic E-state index is 12.4. The van der Waals surface area contributed by atoms with Crippen molar-refractivity contribution in [2.24, 2.45) is 0 Å². The van der Waals surface area contributed by atoms with Gasteiger partial charge in [0.25, 0.3) is 5.91 Å². The van der Waals surface area contributed by atoms with Gasteiger partial charge in [-0.05, 0) is 43.0 Å². The Hall–Kier alpha value is -2.72. The number of hydrogen-bond donors (Lipinski definition) is 1.